The maximum absolute atomic E-state index is 13.6. The van der Waals surface area contributed by atoms with Crippen molar-refractivity contribution < 1.29 is 69.7 Å². The first-order chi connectivity index (χ1) is 23.9. The summed E-state index contributed by atoms with van der Waals surface area (Å²) in [6, 6.07) is 2.29. The van der Waals surface area contributed by atoms with Crippen LogP contribution in [0, 0.1) is 29.1 Å². The average Bonchev–Trinajstić information content (AvgIpc) is 3.07. The summed E-state index contributed by atoms with van der Waals surface area (Å²) in [6.07, 6.45) is -1.61. The Morgan fingerprint density at radius 2 is 1.25 bits per heavy atom. The zero-order valence-corrected chi connectivity index (χ0v) is 27.3. The van der Waals surface area contributed by atoms with Crippen LogP contribution in [0.15, 0.2) is 24.3 Å². The number of primary amides is 1. The summed E-state index contributed by atoms with van der Waals surface area (Å²) < 4.78 is 81.0. The molecule has 0 unspecified atom stereocenters. The topological polar surface area (TPSA) is 221 Å². The highest BCUT2D eigenvalue weighted by Crippen LogP contribution is 2.29. The highest BCUT2D eigenvalue weighted by atomic mass is 19.2. The minimum Gasteiger partial charge on any atom is -0.461 e. The molecule has 0 aromatic heterocycles. The number of esters is 2. The first-order valence-electron chi connectivity index (χ1n) is 14.9. The van der Waals surface area contributed by atoms with Crippen molar-refractivity contribution in [1.82, 2.24) is 16.0 Å². The van der Waals surface area contributed by atoms with Gasteiger partial charge in [0.1, 0.15) is 24.7 Å². The summed E-state index contributed by atoms with van der Waals surface area (Å²) in [4.78, 5) is 84.6. The number of nitrogens with one attached hydrogen (secondary N) is 4. The molecule has 51 heavy (non-hydrogen) atoms. The van der Waals surface area contributed by atoms with Gasteiger partial charge in [-0.2, -0.15) is 8.78 Å². The van der Waals surface area contributed by atoms with E-state index >= 15 is 0 Å². The minimum absolute atomic E-state index is 0.0122. The molecule has 0 aliphatic rings. The summed E-state index contributed by atoms with van der Waals surface area (Å²) in [5.74, 6) is -19.4. The van der Waals surface area contributed by atoms with Crippen LogP contribution in [-0.2, 0) is 49.6 Å². The van der Waals surface area contributed by atoms with Gasteiger partial charge in [0.15, 0.2) is 0 Å². The summed E-state index contributed by atoms with van der Waals surface area (Å²) >= 11 is 0. The highest BCUT2D eigenvalue weighted by molar-refractivity contribution is 6.00. The highest BCUT2D eigenvalue weighted by Gasteiger charge is 2.29. The number of ether oxygens (including phenoxy) is 3. The first-order valence-corrected chi connectivity index (χ1v) is 14.9. The standard InChI is InChI=1S/C31H34F5N5O10/c1-14(38-21(44)8-10-49-11-9-22(45)51-28-26(35)24(33)23(32)25(34)27(28)36)29(46)39-15(2)30(47)41-19(12-20(37)43)31(48)40-18-6-4-17(5-7-18)13-50-16(3)42/h4-7,14-15,19H,8-13H2,1-3H3,(H2,37,43)(H,38,44)(H,39,46)(H,40,48)(H,41,47)/t14-,15-,19-/m0/s1. The molecule has 0 fully saturated rings. The number of nitrogens with two attached hydrogens (primary N) is 1. The molecule has 2 rings (SSSR count). The minimum atomic E-state index is -2.43. The molecule has 20 heteroatoms. The fraction of sp³-hybridized carbons (Fsp3) is 0.387. The van der Waals surface area contributed by atoms with Crippen LogP contribution < -0.4 is 31.7 Å². The molecule has 0 spiro atoms. The van der Waals surface area contributed by atoms with E-state index in [9.17, 15) is 55.5 Å². The van der Waals surface area contributed by atoms with Crippen LogP contribution in [0.1, 0.15) is 45.6 Å². The number of carbonyl (C=O) groups excluding carboxylic acids is 7. The molecular weight excluding hydrogens is 697 g/mol. The molecule has 2 aromatic carbocycles. The lowest BCUT2D eigenvalue weighted by Crippen LogP contribution is -2.55. The molecule has 0 bridgehead atoms. The van der Waals surface area contributed by atoms with Crippen LogP contribution in [0.25, 0.3) is 0 Å². The number of benzene rings is 2. The number of hydrogen-bond donors (Lipinski definition) is 5. The van der Waals surface area contributed by atoms with Crippen molar-refractivity contribution in [3.05, 3.63) is 58.9 Å². The maximum atomic E-state index is 13.6. The van der Waals surface area contributed by atoms with Gasteiger partial charge < -0.3 is 41.2 Å². The Morgan fingerprint density at radius 3 is 1.82 bits per heavy atom. The first kappa shape index (κ1) is 41.5. The number of anilines is 1. The molecule has 0 aliphatic carbocycles. The second-order valence-electron chi connectivity index (χ2n) is 10.7. The van der Waals surface area contributed by atoms with Gasteiger partial charge in [0, 0.05) is 19.0 Å². The molecule has 278 valence electrons. The van der Waals surface area contributed by atoms with Gasteiger partial charge >= 0.3 is 11.9 Å². The second kappa shape index (κ2) is 19.5. The van der Waals surface area contributed by atoms with Crippen LogP contribution in [0.3, 0.4) is 0 Å². The van der Waals surface area contributed by atoms with E-state index in [-0.39, 0.29) is 19.6 Å². The van der Waals surface area contributed by atoms with Gasteiger partial charge in [-0.05, 0) is 31.5 Å². The van der Waals surface area contributed by atoms with Crippen molar-refractivity contribution in [2.75, 3.05) is 18.5 Å². The van der Waals surface area contributed by atoms with Crippen molar-refractivity contribution in [1.29, 1.82) is 0 Å². The smallest absolute Gasteiger partial charge is 0.313 e. The van der Waals surface area contributed by atoms with Crippen LogP contribution in [-0.4, -0.2) is 72.8 Å². The predicted molar refractivity (Wildman–Crippen MR) is 163 cm³/mol. The van der Waals surface area contributed by atoms with E-state index in [0.717, 1.165) is 0 Å². The van der Waals surface area contributed by atoms with Crippen molar-refractivity contribution in [2.45, 2.75) is 64.8 Å². The molecule has 0 aliphatic heterocycles. The third-order valence-electron chi connectivity index (χ3n) is 6.53. The van der Waals surface area contributed by atoms with Crippen LogP contribution in [0.2, 0.25) is 0 Å². The quantitative estimate of drug-likeness (QED) is 0.0368. The van der Waals surface area contributed by atoms with Gasteiger partial charge in [-0.25, -0.2) is 13.2 Å². The van der Waals surface area contributed by atoms with Gasteiger partial charge in [0.25, 0.3) is 0 Å². The molecule has 0 radical (unpaired) electrons. The lowest BCUT2D eigenvalue weighted by atomic mass is 10.1. The SMILES string of the molecule is CC(=O)OCc1ccc(NC(=O)[C@H](CC(N)=O)NC(=O)[C@H](C)NC(=O)[C@H](C)NC(=O)CCOCCC(=O)Oc2c(F)c(F)c(F)c(F)c2F)cc1. The number of amides is 5. The monoisotopic (exact) mass is 731 g/mol. The van der Waals surface area contributed by atoms with E-state index in [1.807, 2.05) is 0 Å². The summed E-state index contributed by atoms with van der Waals surface area (Å²) in [5, 5.41) is 9.49. The fourth-order valence-electron chi connectivity index (χ4n) is 3.85. The Morgan fingerprint density at radius 1 is 0.725 bits per heavy atom. The molecule has 0 heterocycles. The summed E-state index contributed by atoms with van der Waals surface area (Å²) in [7, 11) is 0. The summed E-state index contributed by atoms with van der Waals surface area (Å²) in [6.45, 7) is 3.03. The fourth-order valence-corrected chi connectivity index (χ4v) is 3.85. The van der Waals surface area contributed by atoms with Crippen molar-refractivity contribution in [3.63, 3.8) is 0 Å². The van der Waals surface area contributed by atoms with E-state index < -0.39 is 114 Å². The Hall–Kier alpha value is -5.66. The van der Waals surface area contributed by atoms with Crippen LogP contribution in [0.4, 0.5) is 27.6 Å². The normalized spacial score (nSPS) is 12.5. The summed E-state index contributed by atoms with van der Waals surface area (Å²) in [5.41, 5.74) is 6.15. The Bertz CT molecular complexity index is 1610. The van der Waals surface area contributed by atoms with E-state index in [2.05, 4.69) is 26.0 Å². The molecule has 15 nitrogen and oxygen atoms in total. The van der Waals surface area contributed by atoms with Gasteiger partial charge in [0.05, 0.1) is 26.1 Å². The number of halogens is 5. The molecule has 6 N–H and O–H groups in total. The van der Waals surface area contributed by atoms with Gasteiger partial charge in [0.2, 0.25) is 64.4 Å². The van der Waals surface area contributed by atoms with Crippen LogP contribution >= 0.6 is 0 Å². The maximum Gasteiger partial charge on any atom is 0.313 e. The van der Waals surface area contributed by atoms with Gasteiger partial charge in [-0.1, -0.05) is 12.1 Å². The zero-order valence-electron chi connectivity index (χ0n) is 27.3. The molecule has 2 aromatic rings. The van der Waals surface area contributed by atoms with Crippen molar-refractivity contribution >= 4 is 47.2 Å². The van der Waals surface area contributed by atoms with Crippen molar-refractivity contribution in [3.8, 4) is 5.75 Å². The van der Waals surface area contributed by atoms with E-state index in [1.54, 1.807) is 12.1 Å². The number of hydrogen-bond acceptors (Lipinski definition) is 10. The largest absolute Gasteiger partial charge is 0.461 e. The third-order valence-corrected chi connectivity index (χ3v) is 6.53. The second-order valence-corrected chi connectivity index (χ2v) is 10.7. The molecular formula is C31H34F5N5O10. The van der Waals surface area contributed by atoms with E-state index in [0.29, 0.717) is 11.3 Å². The lowest BCUT2D eigenvalue weighted by molar-refractivity contribution is -0.142. The van der Waals surface area contributed by atoms with E-state index in [4.69, 9.17) is 15.2 Å². The van der Waals surface area contributed by atoms with Gasteiger partial charge in [-0.3, -0.25) is 33.6 Å². The number of rotatable bonds is 18. The molecule has 0 saturated heterocycles. The Kier molecular flexibility index (Phi) is 15.9. The molecule has 0 saturated carbocycles. The van der Waals surface area contributed by atoms with Crippen molar-refractivity contribution in [2.24, 2.45) is 5.73 Å². The Labute approximate surface area is 286 Å². The number of carbonyl (C=O) groups is 7. The van der Waals surface area contributed by atoms with E-state index in [1.165, 1.54) is 32.9 Å². The lowest BCUT2D eigenvalue weighted by Gasteiger charge is -2.22. The van der Waals surface area contributed by atoms with Crippen LogP contribution in [0.5, 0.6) is 5.75 Å². The Balaban J connectivity index is 1.78. The zero-order chi connectivity index (χ0) is 38.4. The molecule has 3 atom stereocenters. The van der Waals surface area contributed by atoms with Gasteiger partial charge in [-0.15, -0.1) is 0 Å². The molecule has 5 amide bonds. The predicted octanol–water partition coefficient (Wildman–Crippen LogP) is 1.16. The average molecular weight is 732 g/mol. The third kappa shape index (κ3) is 13.3.